The van der Waals surface area contributed by atoms with E-state index in [-0.39, 0.29) is 23.5 Å². The second kappa shape index (κ2) is 5.88. The van der Waals surface area contributed by atoms with Crippen LogP contribution in [0.4, 0.5) is 0 Å². The lowest BCUT2D eigenvalue weighted by atomic mass is 10.1. The van der Waals surface area contributed by atoms with Crippen molar-refractivity contribution in [1.82, 2.24) is 14.8 Å². The number of nitrogens with one attached hydrogen (secondary N) is 1. The van der Waals surface area contributed by atoms with Gasteiger partial charge >= 0.3 is 0 Å². The van der Waals surface area contributed by atoms with Crippen molar-refractivity contribution in [3.63, 3.8) is 0 Å². The van der Waals surface area contributed by atoms with Crippen molar-refractivity contribution in [2.75, 3.05) is 0 Å². The minimum atomic E-state index is -0.190. The van der Waals surface area contributed by atoms with E-state index in [1.54, 1.807) is 38.1 Å². The standard InChI is InChI=1S/C18H17N3O3/c1-10-17(12(3)22)11(2)20-18(10)16(24)9-21-14-7-5-4-6-13(14)15(23)8-19-21/h4-8,20H,9H2,1-3H3. The Bertz CT molecular complexity index is 1030. The number of ketones is 2. The minimum Gasteiger partial charge on any atom is -0.355 e. The number of hydrogen-bond acceptors (Lipinski definition) is 4. The summed E-state index contributed by atoms with van der Waals surface area (Å²) < 4.78 is 1.50. The number of rotatable bonds is 4. The number of benzene rings is 1. The first kappa shape index (κ1) is 15.9. The van der Waals surface area contributed by atoms with Crippen LogP contribution in [-0.4, -0.2) is 26.3 Å². The van der Waals surface area contributed by atoms with Crippen LogP contribution in [0.25, 0.3) is 10.9 Å². The van der Waals surface area contributed by atoms with Gasteiger partial charge in [0.2, 0.25) is 11.2 Å². The third kappa shape index (κ3) is 2.56. The van der Waals surface area contributed by atoms with E-state index in [0.29, 0.717) is 33.4 Å². The lowest BCUT2D eigenvalue weighted by Crippen LogP contribution is -2.18. The molecule has 2 aromatic heterocycles. The average Bonchev–Trinajstić information content (AvgIpc) is 2.85. The maximum atomic E-state index is 12.7. The molecule has 24 heavy (non-hydrogen) atoms. The first-order valence-corrected chi connectivity index (χ1v) is 7.58. The molecule has 0 atom stereocenters. The number of carbonyl (C=O) groups is 2. The van der Waals surface area contributed by atoms with E-state index in [0.717, 1.165) is 0 Å². The summed E-state index contributed by atoms with van der Waals surface area (Å²) in [6, 6.07) is 7.03. The molecular formula is C18H17N3O3. The van der Waals surface area contributed by atoms with E-state index in [2.05, 4.69) is 10.1 Å². The summed E-state index contributed by atoms with van der Waals surface area (Å²) in [6.45, 7) is 4.99. The smallest absolute Gasteiger partial charge is 0.207 e. The molecule has 0 bridgehead atoms. The van der Waals surface area contributed by atoms with Crippen LogP contribution in [0.5, 0.6) is 0 Å². The van der Waals surface area contributed by atoms with Crippen molar-refractivity contribution >= 4 is 22.5 Å². The molecule has 0 aliphatic carbocycles. The Morgan fingerprint density at radius 1 is 1.21 bits per heavy atom. The van der Waals surface area contributed by atoms with Crippen LogP contribution in [0.3, 0.4) is 0 Å². The van der Waals surface area contributed by atoms with E-state index >= 15 is 0 Å². The SMILES string of the molecule is CC(=O)c1c(C)[nH]c(C(=O)Cn2ncc(=O)c3ccccc32)c1C. The lowest BCUT2D eigenvalue weighted by Gasteiger charge is -2.08. The summed E-state index contributed by atoms with van der Waals surface area (Å²) in [5.41, 5.74) is 2.71. The van der Waals surface area contributed by atoms with Gasteiger partial charge in [-0.15, -0.1) is 0 Å². The number of hydrogen-bond donors (Lipinski definition) is 1. The van der Waals surface area contributed by atoms with Gasteiger partial charge in [0.05, 0.1) is 17.4 Å². The molecular weight excluding hydrogens is 306 g/mol. The number of para-hydroxylation sites is 1. The minimum absolute atomic E-state index is 0.0149. The zero-order valence-electron chi connectivity index (χ0n) is 13.7. The molecule has 1 N–H and O–H groups in total. The molecule has 0 saturated carbocycles. The summed E-state index contributed by atoms with van der Waals surface area (Å²) >= 11 is 0. The molecule has 1 aromatic carbocycles. The second-order valence-electron chi connectivity index (χ2n) is 5.79. The fraction of sp³-hybridized carbons (Fsp3) is 0.222. The zero-order chi connectivity index (χ0) is 17.4. The molecule has 3 rings (SSSR count). The Morgan fingerprint density at radius 2 is 1.92 bits per heavy atom. The largest absolute Gasteiger partial charge is 0.355 e. The summed E-state index contributed by atoms with van der Waals surface area (Å²) in [5, 5.41) is 4.59. The van der Waals surface area contributed by atoms with E-state index in [1.807, 2.05) is 0 Å². The van der Waals surface area contributed by atoms with Crippen LogP contribution >= 0.6 is 0 Å². The van der Waals surface area contributed by atoms with Crippen molar-refractivity contribution < 1.29 is 9.59 Å². The van der Waals surface area contributed by atoms with Gasteiger partial charge in [-0.1, -0.05) is 12.1 Å². The van der Waals surface area contributed by atoms with Gasteiger partial charge in [-0.2, -0.15) is 5.10 Å². The molecule has 6 heteroatoms. The normalized spacial score (nSPS) is 11.0. The number of aryl methyl sites for hydroxylation is 1. The van der Waals surface area contributed by atoms with Gasteiger partial charge in [-0.3, -0.25) is 19.1 Å². The molecule has 0 spiro atoms. The fourth-order valence-corrected chi connectivity index (χ4v) is 3.06. The second-order valence-corrected chi connectivity index (χ2v) is 5.79. The lowest BCUT2D eigenvalue weighted by molar-refractivity contribution is 0.0963. The van der Waals surface area contributed by atoms with Crippen LogP contribution in [0.15, 0.2) is 35.3 Å². The van der Waals surface area contributed by atoms with E-state index in [1.165, 1.54) is 17.8 Å². The van der Waals surface area contributed by atoms with Crippen LogP contribution in [0.2, 0.25) is 0 Å². The van der Waals surface area contributed by atoms with Gasteiger partial charge in [-0.05, 0) is 38.5 Å². The predicted molar refractivity (Wildman–Crippen MR) is 90.6 cm³/mol. The number of Topliss-reactive ketones (excluding diaryl/α,β-unsaturated/α-hetero) is 2. The number of fused-ring (bicyclic) bond motifs is 1. The molecule has 0 aliphatic rings. The Hall–Kier alpha value is -3.02. The molecule has 0 saturated heterocycles. The van der Waals surface area contributed by atoms with Crippen molar-refractivity contribution in [3.8, 4) is 0 Å². The maximum Gasteiger partial charge on any atom is 0.207 e. The monoisotopic (exact) mass is 323 g/mol. The molecule has 122 valence electrons. The van der Waals surface area contributed by atoms with Crippen LogP contribution in [-0.2, 0) is 6.54 Å². The Morgan fingerprint density at radius 3 is 2.58 bits per heavy atom. The first-order valence-electron chi connectivity index (χ1n) is 7.58. The van der Waals surface area contributed by atoms with E-state index in [4.69, 9.17) is 0 Å². The fourth-order valence-electron chi connectivity index (χ4n) is 3.06. The number of aromatic amines is 1. The molecule has 2 heterocycles. The zero-order valence-corrected chi connectivity index (χ0v) is 13.7. The van der Waals surface area contributed by atoms with Crippen molar-refractivity contribution in [2.45, 2.75) is 27.3 Å². The molecule has 0 radical (unpaired) electrons. The average molecular weight is 323 g/mol. The van der Waals surface area contributed by atoms with Gasteiger partial charge in [-0.25, -0.2) is 0 Å². The Labute approximate surface area is 138 Å². The highest BCUT2D eigenvalue weighted by molar-refractivity contribution is 6.03. The maximum absolute atomic E-state index is 12.7. The highest BCUT2D eigenvalue weighted by Crippen LogP contribution is 2.19. The molecule has 0 unspecified atom stereocenters. The number of carbonyl (C=O) groups excluding carboxylic acids is 2. The highest BCUT2D eigenvalue weighted by atomic mass is 16.1. The topological polar surface area (TPSA) is 84.8 Å². The van der Waals surface area contributed by atoms with Gasteiger partial charge in [0, 0.05) is 16.6 Å². The summed E-state index contributed by atoms with van der Waals surface area (Å²) in [6.07, 6.45) is 1.21. The highest BCUT2D eigenvalue weighted by Gasteiger charge is 2.20. The third-order valence-corrected chi connectivity index (χ3v) is 4.12. The number of nitrogens with zero attached hydrogens (tertiary/aromatic N) is 2. The summed E-state index contributed by atoms with van der Waals surface area (Å²) in [4.78, 5) is 39.2. The van der Waals surface area contributed by atoms with Gasteiger partial charge in [0.25, 0.3) is 0 Å². The summed E-state index contributed by atoms with van der Waals surface area (Å²) in [5.74, 6) is -0.267. The van der Waals surface area contributed by atoms with Crippen LogP contribution in [0.1, 0.15) is 39.0 Å². The van der Waals surface area contributed by atoms with Crippen molar-refractivity contribution in [2.24, 2.45) is 0 Å². The predicted octanol–water partition coefficient (Wildman–Crippen LogP) is 2.43. The first-order chi connectivity index (χ1) is 11.4. The molecule has 0 amide bonds. The van der Waals surface area contributed by atoms with Gasteiger partial charge in [0.15, 0.2) is 5.78 Å². The van der Waals surface area contributed by atoms with Gasteiger partial charge in [0.1, 0.15) is 6.54 Å². The number of aromatic nitrogens is 3. The molecule has 0 fully saturated rings. The van der Waals surface area contributed by atoms with Crippen molar-refractivity contribution in [3.05, 3.63) is 63.2 Å². The molecule has 0 aliphatic heterocycles. The Kier molecular flexibility index (Phi) is 3.89. The summed E-state index contributed by atoms with van der Waals surface area (Å²) in [7, 11) is 0. The van der Waals surface area contributed by atoms with Crippen LogP contribution < -0.4 is 5.43 Å². The van der Waals surface area contributed by atoms with E-state index < -0.39 is 0 Å². The molecule has 6 nitrogen and oxygen atoms in total. The number of H-pyrrole nitrogens is 1. The third-order valence-electron chi connectivity index (χ3n) is 4.12. The molecule has 3 aromatic rings. The van der Waals surface area contributed by atoms with E-state index in [9.17, 15) is 14.4 Å². The Balaban J connectivity index is 2.03. The quantitative estimate of drug-likeness (QED) is 0.747. The van der Waals surface area contributed by atoms with Gasteiger partial charge < -0.3 is 4.98 Å². The van der Waals surface area contributed by atoms with Crippen LogP contribution in [0, 0.1) is 13.8 Å². The van der Waals surface area contributed by atoms with Crippen molar-refractivity contribution in [1.29, 1.82) is 0 Å².